The first-order valence-corrected chi connectivity index (χ1v) is 9.14. The van der Waals surface area contributed by atoms with E-state index in [9.17, 15) is 9.59 Å². The number of ether oxygens (including phenoxy) is 1. The van der Waals surface area contributed by atoms with Gasteiger partial charge in [-0.25, -0.2) is 4.68 Å². The summed E-state index contributed by atoms with van der Waals surface area (Å²) in [6, 6.07) is 16.9. The number of rotatable bonds is 8. The Labute approximate surface area is 163 Å². The van der Waals surface area contributed by atoms with Crippen LogP contribution >= 0.6 is 0 Å². The van der Waals surface area contributed by atoms with Crippen LogP contribution in [0.25, 0.3) is 11.3 Å². The van der Waals surface area contributed by atoms with Crippen LogP contribution in [0.1, 0.15) is 12.6 Å². The molecule has 2 heterocycles. The molecule has 144 valence electrons. The molecule has 0 bridgehead atoms. The quantitative estimate of drug-likeness (QED) is 0.606. The van der Waals surface area contributed by atoms with E-state index >= 15 is 0 Å². The van der Waals surface area contributed by atoms with Gasteiger partial charge in [-0.3, -0.25) is 14.6 Å². The predicted octanol–water partition coefficient (Wildman–Crippen LogP) is 2.52. The largest absolute Gasteiger partial charge is 0.465 e. The first-order valence-electron chi connectivity index (χ1n) is 9.14. The summed E-state index contributed by atoms with van der Waals surface area (Å²) in [6.45, 7) is 2.27. The molecule has 7 nitrogen and oxygen atoms in total. The normalized spacial score (nSPS) is 10.5. The van der Waals surface area contributed by atoms with Crippen molar-refractivity contribution < 1.29 is 9.53 Å². The van der Waals surface area contributed by atoms with Crippen LogP contribution in [0.3, 0.4) is 0 Å². The first-order chi connectivity index (χ1) is 13.7. The third-order valence-corrected chi connectivity index (χ3v) is 4.05. The highest BCUT2D eigenvalue weighted by Gasteiger charge is 2.13. The minimum absolute atomic E-state index is 0.234. The summed E-state index contributed by atoms with van der Waals surface area (Å²) in [5.74, 6) is -0.498. The number of anilines is 1. The van der Waals surface area contributed by atoms with Crippen LogP contribution < -0.4 is 10.9 Å². The van der Waals surface area contributed by atoms with Gasteiger partial charge in [-0.05, 0) is 25.1 Å². The maximum Gasteiger partial charge on any atom is 0.327 e. The summed E-state index contributed by atoms with van der Waals surface area (Å²) in [7, 11) is 0. The zero-order valence-electron chi connectivity index (χ0n) is 15.7. The van der Waals surface area contributed by atoms with Gasteiger partial charge in [0.25, 0.3) is 5.56 Å². The molecule has 0 radical (unpaired) electrons. The van der Waals surface area contributed by atoms with Crippen molar-refractivity contribution in [3.8, 4) is 11.3 Å². The van der Waals surface area contributed by atoms with Crippen LogP contribution in [0.4, 0.5) is 5.69 Å². The van der Waals surface area contributed by atoms with Crippen molar-refractivity contribution in [3.63, 3.8) is 0 Å². The lowest BCUT2D eigenvalue weighted by molar-refractivity contribution is -0.144. The predicted molar refractivity (Wildman–Crippen MR) is 107 cm³/mol. The number of esters is 1. The molecule has 0 saturated carbocycles. The number of benzene rings is 1. The van der Waals surface area contributed by atoms with Gasteiger partial charge in [0.15, 0.2) is 0 Å². The highest BCUT2D eigenvalue weighted by atomic mass is 16.5. The summed E-state index contributed by atoms with van der Waals surface area (Å²) in [5.41, 5.74) is 2.40. The number of carbonyl (C=O) groups excluding carboxylic acids is 1. The summed E-state index contributed by atoms with van der Waals surface area (Å²) >= 11 is 0. The third kappa shape index (κ3) is 5.03. The Morgan fingerprint density at radius 1 is 1.14 bits per heavy atom. The zero-order chi connectivity index (χ0) is 19.8. The smallest absolute Gasteiger partial charge is 0.327 e. The highest BCUT2D eigenvalue weighted by Crippen LogP contribution is 2.17. The summed E-state index contributed by atoms with van der Waals surface area (Å²) < 4.78 is 6.10. The monoisotopic (exact) mass is 378 g/mol. The summed E-state index contributed by atoms with van der Waals surface area (Å²) in [6.07, 6.45) is 2.41. The van der Waals surface area contributed by atoms with Gasteiger partial charge in [0.2, 0.25) is 0 Å². The van der Waals surface area contributed by atoms with E-state index in [4.69, 9.17) is 4.74 Å². The van der Waals surface area contributed by atoms with Crippen molar-refractivity contribution in [1.82, 2.24) is 14.8 Å². The van der Waals surface area contributed by atoms with Crippen molar-refractivity contribution in [2.45, 2.75) is 19.9 Å². The molecule has 7 heteroatoms. The van der Waals surface area contributed by atoms with Gasteiger partial charge >= 0.3 is 5.97 Å². The fourth-order valence-corrected chi connectivity index (χ4v) is 2.73. The third-order valence-electron chi connectivity index (χ3n) is 4.05. The second-order valence-corrected chi connectivity index (χ2v) is 6.07. The maximum atomic E-state index is 12.7. The summed E-state index contributed by atoms with van der Waals surface area (Å²) in [5, 5.41) is 7.49. The molecule has 0 fully saturated rings. The second-order valence-electron chi connectivity index (χ2n) is 6.07. The van der Waals surface area contributed by atoms with E-state index in [1.165, 1.54) is 0 Å². The van der Waals surface area contributed by atoms with E-state index in [1.54, 1.807) is 19.2 Å². The van der Waals surface area contributed by atoms with Gasteiger partial charge in [-0.15, -0.1) is 0 Å². The first kappa shape index (κ1) is 19.3. The number of hydrogen-bond donors (Lipinski definition) is 1. The average molecular weight is 378 g/mol. The number of hydrogen-bond acceptors (Lipinski definition) is 6. The SMILES string of the molecule is CCOC(=O)Cn1nc(-c2ccccc2)cc(NCCc2ccccn2)c1=O. The minimum Gasteiger partial charge on any atom is -0.465 e. The van der Waals surface area contributed by atoms with E-state index < -0.39 is 5.97 Å². The molecule has 0 atom stereocenters. The molecule has 28 heavy (non-hydrogen) atoms. The average Bonchev–Trinajstić information content (AvgIpc) is 2.72. The number of aromatic nitrogens is 3. The lowest BCUT2D eigenvalue weighted by Gasteiger charge is -2.12. The maximum absolute atomic E-state index is 12.7. The number of nitrogens with one attached hydrogen (secondary N) is 1. The fourth-order valence-electron chi connectivity index (χ4n) is 2.73. The number of pyridine rings is 1. The lowest BCUT2D eigenvalue weighted by Crippen LogP contribution is -2.30. The van der Waals surface area contributed by atoms with Crippen LogP contribution in [-0.4, -0.2) is 33.9 Å². The van der Waals surface area contributed by atoms with E-state index in [-0.39, 0.29) is 18.7 Å². The van der Waals surface area contributed by atoms with Crippen LogP contribution in [0.15, 0.2) is 65.6 Å². The van der Waals surface area contributed by atoms with E-state index in [0.717, 1.165) is 15.9 Å². The Hall–Kier alpha value is -3.48. The molecule has 0 unspecified atom stereocenters. The molecule has 3 rings (SSSR count). The van der Waals surface area contributed by atoms with Gasteiger partial charge in [0.05, 0.1) is 12.3 Å². The Balaban J connectivity index is 1.86. The number of carbonyl (C=O) groups is 1. The van der Waals surface area contributed by atoms with E-state index in [2.05, 4.69) is 15.4 Å². The van der Waals surface area contributed by atoms with Crippen LogP contribution in [0.2, 0.25) is 0 Å². The van der Waals surface area contributed by atoms with E-state index in [1.807, 2.05) is 48.5 Å². The second kappa shape index (κ2) is 9.45. The van der Waals surface area contributed by atoms with Crippen molar-refractivity contribution in [1.29, 1.82) is 0 Å². The Kier molecular flexibility index (Phi) is 6.51. The Bertz CT molecular complexity index is 972. The molecule has 3 aromatic rings. The van der Waals surface area contributed by atoms with E-state index in [0.29, 0.717) is 24.3 Å². The molecule has 0 aliphatic carbocycles. The van der Waals surface area contributed by atoms with Crippen LogP contribution in [-0.2, 0) is 22.5 Å². The molecule has 0 aliphatic heterocycles. The molecule has 0 amide bonds. The zero-order valence-corrected chi connectivity index (χ0v) is 15.7. The molecule has 1 N–H and O–H groups in total. The number of nitrogens with zero attached hydrogens (tertiary/aromatic N) is 3. The molecule has 0 saturated heterocycles. The van der Waals surface area contributed by atoms with Gasteiger partial charge in [-0.2, -0.15) is 5.10 Å². The van der Waals surface area contributed by atoms with Gasteiger partial charge in [0, 0.05) is 30.4 Å². The van der Waals surface area contributed by atoms with Crippen LogP contribution in [0, 0.1) is 0 Å². The molecule has 0 aliphatic rings. The topological polar surface area (TPSA) is 86.1 Å². The van der Waals surface area contributed by atoms with Gasteiger partial charge in [0.1, 0.15) is 12.2 Å². The van der Waals surface area contributed by atoms with Crippen molar-refractivity contribution in [3.05, 3.63) is 76.8 Å². The minimum atomic E-state index is -0.498. The van der Waals surface area contributed by atoms with Gasteiger partial charge < -0.3 is 10.1 Å². The molecule has 1 aromatic carbocycles. The Morgan fingerprint density at radius 2 is 1.93 bits per heavy atom. The molecular formula is C21H22N4O3. The lowest BCUT2D eigenvalue weighted by atomic mass is 10.1. The van der Waals surface area contributed by atoms with Crippen molar-refractivity contribution >= 4 is 11.7 Å². The molecule has 2 aromatic heterocycles. The van der Waals surface area contributed by atoms with Crippen molar-refractivity contribution in [2.75, 3.05) is 18.5 Å². The summed E-state index contributed by atoms with van der Waals surface area (Å²) in [4.78, 5) is 28.9. The fraction of sp³-hybridized carbons (Fsp3) is 0.238. The van der Waals surface area contributed by atoms with Crippen molar-refractivity contribution in [2.24, 2.45) is 0 Å². The van der Waals surface area contributed by atoms with Gasteiger partial charge in [-0.1, -0.05) is 36.4 Å². The highest BCUT2D eigenvalue weighted by molar-refractivity contribution is 5.69. The molecule has 0 spiro atoms. The Morgan fingerprint density at radius 3 is 2.64 bits per heavy atom. The van der Waals surface area contributed by atoms with Crippen LogP contribution in [0.5, 0.6) is 0 Å². The standard InChI is InChI=1S/C21H22N4O3/c1-2-28-20(26)15-25-21(27)19(23-13-11-17-10-6-7-12-22-17)14-18(24-25)16-8-4-3-5-9-16/h3-10,12,14,23H,2,11,13,15H2,1H3. The molecular weight excluding hydrogens is 356 g/mol.